The van der Waals surface area contributed by atoms with E-state index in [1.165, 1.54) is 0 Å². The molecule has 2 aromatic carbocycles. The molecule has 0 aromatic heterocycles. The number of methoxy groups -OCH3 is 1. The number of ether oxygens (including phenoxy) is 1. The predicted molar refractivity (Wildman–Crippen MR) is 92.8 cm³/mol. The third-order valence-corrected chi connectivity index (χ3v) is 4.50. The summed E-state index contributed by atoms with van der Waals surface area (Å²) in [6, 6.07) is 9.15. The van der Waals surface area contributed by atoms with Gasteiger partial charge in [0.1, 0.15) is 17.2 Å². The first-order valence-electron chi connectivity index (χ1n) is 8.11. The molecule has 25 heavy (non-hydrogen) atoms. The highest BCUT2D eigenvalue weighted by Gasteiger charge is 2.23. The fourth-order valence-corrected chi connectivity index (χ4v) is 3.06. The minimum absolute atomic E-state index is 0.0668. The summed E-state index contributed by atoms with van der Waals surface area (Å²) in [5.74, 6) is -2.34. The Bertz CT molecular complexity index is 787. The van der Waals surface area contributed by atoms with E-state index in [1.54, 1.807) is 18.2 Å². The number of carbonyl (C=O) groups is 1. The summed E-state index contributed by atoms with van der Waals surface area (Å²) in [4.78, 5) is 16.4. The first kappa shape index (κ1) is 17.4. The van der Waals surface area contributed by atoms with Crippen LogP contribution in [-0.4, -0.2) is 51.2 Å². The number of anilines is 1. The predicted octanol–water partition coefficient (Wildman–Crippen LogP) is 3.17. The highest BCUT2D eigenvalue weighted by molar-refractivity contribution is 5.98. The van der Waals surface area contributed by atoms with Gasteiger partial charge in [0.2, 0.25) is 0 Å². The van der Waals surface area contributed by atoms with E-state index in [1.807, 2.05) is 6.07 Å². The lowest BCUT2D eigenvalue weighted by Gasteiger charge is -2.34. The number of hydrogen-bond acceptors (Lipinski definition) is 4. The Labute approximate surface area is 145 Å². The van der Waals surface area contributed by atoms with Crippen LogP contribution in [0, 0.1) is 11.6 Å². The van der Waals surface area contributed by atoms with Gasteiger partial charge in [-0.25, -0.2) is 13.6 Å². The van der Waals surface area contributed by atoms with Crippen molar-refractivity contribution < 1.29 is 18.3 Å². The summed E-state index contributed by atoms with van der Waals surface area (Å²) in [5.41, 5.74) is 0.930. The van der Waals surface area contributed by atoms with Gasteiger partial charge in [-0.1, -0.05) is 12.1 Å². The van der Waals surface area contributed by atoms with Gasteiger partial charge in [0, 0.05) is 37.4 Å². The molecule has 1 aliphatic rings. The molecule has 0 radical (unpaired) electrons. The zero-order valence-corrected chi connectivity index (χ0v) is 14.3. The van der Waals surface area contributed by atoms with Crippen molar-refractivity contribution in [3.8, 4) is 11.1 Å². The summed E-state index contributed by atoms with van der Waals surface area (Å²) >= 11 is 0. The van der Waals surface area contributed by atoms with Crippen LogP contribution in [0.25, 0.3) is 11.1 Å². The quantitative estimate of drug-likeness (QED) is 0.799. The summed E-state index contributed by atoms with van der Waals surface area (Å²) in [5, 5.41) is 0. The lowest BCUT2D eigenvalue weighted by molar-refractivity contribution is 0.0596. The lowest BCUT2D eigenvalue weighted by atomic mass is 9.97. The Balaban J connectivity index is 2.04. The molecular weight excluding hydrogens is 326 g/mol. The number of halogens is 2. The van der Waals surface area contributed by atoms with Crippen molar-refractivity contribution in [1.29, 1.82) is 0 Å². The van der Waals surface area contributed by atoms with Gasteiger partial charge in [-0.15, -0.1) is 0 Å². The molecule has 0 bridgehead atoms. The van der Waals surface area contributed by atoms with E-state index in [0.717, 1.165) is 51.1 Å². The number of nitrogens with zero attached hydrogens (tertiary/aromatic N) is 2. The van der Waals surface area contributed by atoms with E-state index in [9.17, 15) is 13.6 Å². The molecule has 1 aliphatic heterocycles. The molecule has 0 unspecified atom stereocenters. The number of likely N-dealkylation sites (N-methyl/N-ethyl adjacent to an activating group) is 1. The van der Waals surface area contributed by atoms with Gasteiger partial charge in [0.25, 0.3) is 0 Å². The van der Waals surface area contributed by atoms with Gasteiger partial charge < -0.3 is 14.5 Å². The Hall–Kier alpha value is -2.47. The minimum Gasteiger partial charge on any atom is -0.465 e. The van der Waals surface area contributed by atoms with Crippen LogP contribution >= 0.6 is 0 Å². The van der Waals surface area contributed by atoms with Crippen LogP contribution < -0.4 is 4.90 Å². The highest BCUT2D eigenvalue weighted by atomic mass is 19.1. The molecule has 0 atom stereocenters. The largest absolute Gasteiger partial charge is 0.465 e. The van der Waals surface area contributed by atoms with E-state index in [0.29, 0.717) is 5.56 Å². The van der Waals surface area contributed by atoms with Crippen molar-refractivity contribution in [1.82, 2.24) is 4.90 Å². The van der Waals surface area contributed by atoms with E-state index in [2.05, 4.69) is 21.6 Å². The molecule has 132 valence electrons. The third-order valence-electron chi connectivity index (χ3n) is 4.50. The molecule has 0 N–H and O–H groups in total. The molecule has 2 aromatic rings. The molecule has 0 amide bonds. The number of benzene rings is 2. The maximum Gasteiger partial charge on any atom is 0.341 e. The van der Waals surface area contributed by atoms with Gasteiger partial charge >= 0.3 is 5.97 Å². The normalized spacial score (nSPS) is 15.3. The summed E-state index contributed by atoms with van der Waals surface area (Å²) in [6.45, 7) is 3.59. The Morgan fingerprint density at radius 2 is 1.72 bits per heavy atom. The number of rotatable bonds is 3. The van der Waals surface area contributed by atoms with Gasteiger partial charge in [0.05, 0.1) is 7.11 Å². The first-order valence-corrected chi connectivity index (χ1v) is 8.11. The maximum atomic E-state index is 14.4. The van der Waals surface area contributed by atoms with Crippen molar-refractivity contribution in [2.24, 2.45) is 0 Å². The number of hydrogen-bond donors (Lipinski definition) is 0. The Morgan fingerprint density at radius 3 is 2.40 bits per heavy atom. The molecule has 4 nitrogen and oxygen atoms in total. The molecule has 0 spiro atoms. The van der Waals surface area contributed by atoms with E-state index >= 15 is 0 Å². The summed E-state index contributed by atoms with van der Waals surface area (Å²) in [7, 11) is 3.22. The number of carbonyl (C=O) groups excluding carboxylic acids is 1. The van der Waals surface area contributed by atoms with Gasteiger partial charge in [-0.05, 0) is 36.9 Å². The van der Waals surface area contributed by atoms with Crippen molar-refractivity contribution in [3.63, 3.8) is 0 Å². The second-order valence-electron chi connectivity index (χ2n) is 6.11. The Kier molecular flexibility index (Phi) is 4.99. The second kappa shape index (κ2) is 7.19. The van der Waals surface area contributed by atoms with Crippen LogP contribution in [0.1, 0.15) is 10.4 Å². The fraction of sp³-hybridized carbons (Fsp3) is 0.316. The SMILES string of the molecule is COC(=O)c1c(F)ccc(F)c1-c1cccc(N2CCN(C)CC2)c1. The highest BCUT2D eigenvalue weighted by Crippen LogP contribution is 2.32. The van der Waals surface area contributed by atoms with Crippen LogP contribution in [0.15, 0.2) is 36.4 Å². The molecule has 6 heteroatoms. The number of piperazine rings is 1. The average Bonchev–Trinajstić information content (AvgIpc) is 2.63. The Morgan fingerprint density at radius 1 is 1.04 bits per heavy atom. The van der Waals surface area contributed by atoms with Gasteiger partial charge in [-0.3, -0.25) is 0 Å². The van der Waals surface area contributed by atoms with E-state index in [-0.39, 0.29) is 11.1 Å². The monoisotopic (exact) mass is 346 g/mol. The van der Waals surface area contributed by atoms with Crippen LogP contribution in [0.2, 0.25) is 0 Å². The molecule has 1 fully saturated rings. The molecule has 1 heterocycles. The van der Waals surface area contributed by atoms with Gasteiger partial charge in [0.15, 0.2) is 0 Å². The van der Waals surface area contributed by atoms with E-state index in [4.69, 9.17) is 0 Å². The summed E-state index contributed by atoms with van der Waals surface area (Å²) in [6.07, 6.45) is 0. The first-order chi connectivity index (χ1) is 12.0. The lowest BCUT2D eigenvalue weighted by Crippen LogP contribution is -2.44. The number of esters is 1. The average molecular weight is 346 g/mol. The van der Waals surface area contributed by atoms with Crippen LogP contribution in [0.4, 0.5) is 14.5 Å². The van der Waals surface area contributed by atoms with Crippen LogP contribution in [0.3, 0.4) is 0 Å². The molecule has 0 saturated carbocycles. The smallest absolute Gasteiger partial charge is 0.341 e. The summed E-state index contributed by atoms with van der Waals surface area (Å²) < 4.78 is 33.2. The van der Waals surface area contributed by atoms with Crippen LogP contribution in [0.5, 0.6) is 0 Å². The standard InChI is InChI=1S/C19H20F2N2O2/c1-22-8-10-23(11-9-22)14-5-3-4-13(12-14)17-15(20)6-7-16(21)18(17)19(24)25-2/h3-7,12H,8-11H2,1-2H3. The van der Waals surface area contributed by atoms with Crippen LogP contribution in [-0.2, 0) is 4.74 Å². The minimum atomic E-state index is -0.892. The second-order valence-corrected chi connectivity index (χ2v) is 6.11. The van der Waals surface area contributed by atoms with Crippen molar-refractivity contribution in [3.05, 3.63) is 53.6 Å². The molecule has 1 saturated heterocycles. The molecule has 3 rings (SSSR count). The zero-order chi connectivity index (χ0) is 18.0. The van der Waals surface area contributed by atoms with E-state index < -0.39 is 17.6 Å². The van der Waals surface area contributed by atoms with Crippen molar-refractivity contribution in [2.75, 3.05) is 45.2 Å². The molecular formula is C19H20F2N2O2. The molecule has 0 aliphatic carbocycles. The van der Waals surface area contributed by atoms with Gasteiger partial charge in [-0.2, -0.15) is 0 Å². The van der Waals surface area contributed by atoms with Crippen molar-refractivity contribution in [2.45, 2.75) is 0 Å². The zero-order valence-electron chi connectivity index (χ0n) is 14.3. The van der Waals surface area contributed by atoms with Crippen molar-refractivity contribution >= 4 is 11.7 Å². The topological polar surface area (TPSA) is 32.8 Å². The maximum absolute atomic E-state index is 14.4. The third kappa shape index (κ3) is 3.49. The fourth-order valence-electron chi connectivity index (χ4n) is 3.06.